The monoisotopic (exact) mass is 429 g/mol. The molecule has 0 fully saturated rings. The molecule has 1 atom stereocenters. The van der Waals surface area contributed by atoms with Crippen LogP contribution in [-0.4, -0.2) is 15.5 Å². The zero-order valence-corrected chi connectivity index (χ0v) is 17.1. The zero-order valence-electron chi connectivity index (χ0n) is 15.5. The maximum Gasteiger partial charge on any atom is 0.279 e. The quantitative estimate of drug-likeness (QED) is 0.495. The second-order valence-electron chi connectivity index (χ2n) is 6.80. The summed E-state index contributed by atoms with van der Waals surface area (Å²) in [5.41, 5.74) is 1.54. The summed E-state index contributed by atoms with van der Waals surface area (Å²) in [6.45, 7) is 0. The SMILES string of the molecule is Cn1c(SCc2cccc(Cl)c2)nc(=O)c2c1NC(=O)CC2c1cccc(F)c1. The topological polar surface area (TPSA) is 64.0 Å². The predicted molar refractivity (Wildman–Crippen MR) is 112 cm³/mol. The van der Waals surface area contributed by atoms with Crippen LogP contribution in [0.1, 0.15) is 29.0 Å². The number of aromatic nitrogens is 2. The highest BCUT2D eigenvalue weighted by atomic mass is 35.5. The number of amides is 1. The highest BCUT2D eigenvalue weighted by Crippen LogP contribution is 2.36. The molecule has 0 saturated carbocycles. The Kier molecular flexibility index (Phi) is 5.43. The van der Waals surface area contributed by atoms with Crippen LogP contribution in [0.15, 0.2) is 58.5 Å². The Balaban J connectivity index is 1.72. The number of rotatable bonds is 4. The van der Waals surface area contributed by atoms with Crippen molar-refractivity contribution in [1.29, 1.82) is 0 Å². The Bertz CT molecular complexity index is 1160. The maximum absolute atomic E-state index is 13.7. The number of carbonyl (C=O) groups excluding carboxylic acids is 1. The molecule has 5 nitrogen and oxygen atoms in total. The number of thioether (sulfide) groups is 1. The molecule has 8 heteroatoms. The number of halogens is 2. The fourth-order valence-electron chi connectivity index (χ4n) is 3.45. The van der Waals surface area contributed by atoms with Gasteiger partial charge in [-0.3, -0.25) is 9.59 Å². The predicted octanol–water partition coefficient (Wildman–Crippen LogP) is 4.34. The molecule has 1 aromatic heterocycles. The second-order valence-corrected chi connectivity index (χ2v) is 8.18. The lowest BCUT2D eigenvalue weighted by molar-refractivity contribution is -0.116. The molecule has 3 aromatic rings. The van der Waals surface area contributed by atoms with Crippen molar-refractivity contribution in [3.8, 4) is 0 Å². The lowest BCUT2D eigenvalue weighted by atomic mass is 9.87. The van der Waals surface area contributed by atoms with Gasteiger partial charge in [-0.15, -0.1) is 0 Å². The summed E-state index contributed by atoms with van der Waals surface area (Å²) in [5, 5.41) is 3.91. The van der Waals surface area contributed by atoms with Gasteiger partial charge in [0.05, 0.1) is 5.56 Å². The minimum Gasteiger partial charge on any atom is -0.312 e. The molecule has 4 rings (SSSR count). The van der Waals surface area contributed by atoms with E-state index in [-0.39, 0.29) is 12.3 Å². The van der Waals surface area contributed by atoms with Gasteiger partial charge in [0.15, 0.2) is 5.16 Å². The summed E-state index contributed by atoms with van der Waals surface area (Å²) in [4.78, 5) is 29.4. The van der Waals surface area contributed by atoms with Crippen molar-refractivity contribution in [1.82, 2.24) is 9.55 Å². The number of fused-ring (bicyclic) bond motifs is 1. The molecule has 1 N–H and O–H groups in total. The molecule has 0 aliphatic carbocycles. The van der Waals surface area contributed by atoms with Gasteiger partial charge in [0, 0.05) is 30.2 Å². The number of benzene rings is 2. The molecule has 0 radical (unpaired) electrons. The van der Waals surface area contributed by atoms with Gasteiger partial charge in [-0.1, -0.05) is 47.6 Å². The van der Waals surface area contributed by atoms with E-state index in [1.165, 1.54) is 23.9 Å². The third kappa shape index (κ3) is 4.06. The van der Waals surface area contributed by atoms with Gasteiger partial charge < -0.3 is 9.88 Å². The summed E-state index contributed by atoms with van der Waals surface area (Å²) in [7, 11) is 1.75. The summed E-state index contributed by atoms with van der Waals surface area (Å²) in [5.74, 6) is -0.190. The van der Waals surface area contributed by atoms with Crippen molar-refractivity contribution in [3.63, 3.8) is 0 Å². The Morgan fingerprint density at radius 1 is 1.24 bits per heavy atom. The first-order valence-corrected chi connectivity index (χ1v) is 10.3. The highest BCUT2D eigenvalue weighted by molar-refractivity contribution is 7.98. The van der Waals surface area contributed by atoms with Crippen LogP contribution in [0, 0.1) is 5.82 Å². The maximum atomic E-state index is 13.7. The molecule has 0 spiro atoms. The van der Waals surface area contributed by atoms with Crippen LogP contribution < -0.4 is 10.9 Å². The molecule has 1 unspecified atom stereocenters. The van der Waals surface area contributed by atoms with Crippen LogP contribution in [-0.2, 0) is 17.6 Å². The normalized spacial score (nSPS) is 15.7. The minimum absolute atomic E-state index is 0.0718. The average molecular weight is 430 g/mol. The molecule has 1 amide bonds. The van der Waals surface area contributed by atoms with E-state index in [4.69, 9.17) is 11.6 Å². The molecule has 0 bridgehead atoms. The zero-order chi connectivity index (χ0) is 20.5. The molecule has 29 heavy (non-hydrogen) atoms. The van der Waals surface area contributed by atoms with E-state index in [0.29, 0.717) is 32.9 Å². The third-order valence-corrected chi connectivity index (χ3v) is 6.14. The van der Waals surface area contributed by atoms with E-state index in [1.54, 1.807) is 29.8 Å². The number of nitrogens with zero attached hydrogens (tertiary/aromatic N) is 2. The number of hydrogen-bond acceptors (Lipinski definition) is 4. The van der Waals surface area contributed by atoms with Gasteiger partial charge in [-0.05, 0) is 35.4 Å². The fraction of sp³-hybridized carbons (Fsp3) is 0.190. The third-order valence-electron chi connectivity index (χ3n) is 4.81. The van der Waals surface area contributed by atoms with Gasteiger partial charge in [0.1, 0.15) is 11.6 Å². The Morgan fingerprint density at radius 3 is 2.79 bits per heavy atom. The largest absolute Gasteiger partial charge is 0.312 e. The van der Waals surface area contributed by atoms with E-state index < -0.39 is 17.3 Å². The second kappa shape index (κ2) is 8.00. The van der Waals surface area contributed by atoms with Crippen LogP contribution in [0.5, 0.6) is 0 Å². The van der Waals surface area contributed by atoms with E-state index in [2.05, 4.69) is 10.3 Å². The van der Waals surface area contributed by atoms with Crippen molar-refractivity contribution in [2.45, 2.75) is 23.2 Å². The van der Waals surface area contributed by atoms with Gasteiger partial charge >= 0.3 is 0 Å². The van der Waals surface area contributed by atoms with Crippen molar-refractivity contribution in [2.24, 2.45) is 7.05 Å². The Labute approximate surface area is 175 Å². The van der Waals surface area contributed by atoms with Crippen LogP contribution >= 0.6 is 23.4 Å². The summed E-state index contributed by atoms with van der Waals surface area (Å²) >= 11 is 7.40. The van der Waals surface area contributed by atoms with E-state index >= 15 is 0 Å². The van der Waals surface area contributed by atoms with Crippen molar-refractivity contribution in [2.75, 3.05) is 5.32 Å². The van der Waals surface area contributed by atoms with Gasteiger partial charge in [0.2, 0.25) is 5.91 Å². The first kappa shape index (κ1) is 19.7. The van der Waals surface area contributed by atoms with E-state index in [1.807, 2.05) is 18.2 Å². The van der Waals surface area contributed by atoms with E-state index in [0.717, 1.165) is 5.56 Å². The smallest absolute Gasteiger partial charge is 0.279 e. The van der Waals surface area contributed by atoms with Crippen molar-refractivity contribution < 1.29 is 9.18 Å². The van der Waals surface area contributed by atoms with Crippen LogP contribution in [0.2, 0.25) is 5.02 Å². The first-order chi connectivity index (χ1) is 13.9. The first-order valence-electron chi connectivity index (χ1n) is 8.96. The molecule has 1 aliphatic rings. The lowest BCUT2D eigenvalue weighted by Gasteiger charge is -2.27. The van der Waals surface area contributed by atoms with Crippen molar-refractivity contribution >= 4 is 35.1 Å². The molecular weight excluding hydrogens is 413 g/mol. The molecule has 0 saturated heterocycles. The van der Waals surface area contributed by atoms with Crippen molar-refractivity contribution in [3.05, 3.63) is 86.4 Å². The molecule has 148 valence electrons. The Morgan fingerprint density at radius 2 is 2.03 bits per heavy atom. The lowest BCUT2D eigenvalue weighted by Crippen LogP contribution is -2.33. The molecule has 2 aromatic carbocycles. The number of anilines is 1. The van der Waals surface area contributed by atoms with Gasteiger partial charge in [0.25, 0.3) is 5.56 Å². The van der Waals surface area contributed by atoms with Gasteiger partial charge in [-0.25, -0.2) is 4.39 Å². The van der Waals surface area contributed by atoms with Crippen LogP contribution in [0.3, 0.4) is 0 Å². The van der Waals surface area contributed by atoms with E-state index in [9.17, 15) is 14.0 Å². The number of hydrogen-bond donors (Lipinski definition) is 1. The summed E-state index contributed by atoms with van der Waals surface area (Å²) < 4.78 is 15.4. The summed E-state index contributed by atoms with van der Waals surface area (Å²) in [6.07, 6.45) is 0.0718. The number of nitrogens with one attached hydrogen (secondary N) is 1. The molecular formula is C21H17ClFN3O2S. The summed E-state index contributed by atoms with van der Waals surface area (Å²) in [6, 6.07) is 13.4. The minimum atomic E-state index is -0.535. The Hall–Kier alpha value is -2.64. The number of carbonyl (C=O) groups is 1. The fourth-order valence-corrected chi connectivity index (χ4v) is 4.57. The average Bonchev–Trinajstić information content (AvgIpc) is 2.69. The molecule has 1 aliphatic heterocycles. The van der Waals surface area contributed by atoms with Crippen LogP contribution in [0.25, 0.3) is 0 Å². The van der Waals surface area contributed by atoms with Crippen LogP contribution in [0.4, 0.5) is 10.2 Å². The molecule has 2 heterocycles. The standard InChI is InChI=1S/C21H17ClFN3O2S/c1-26-19-18(16(10-17(27)24-19)13-5-3-7-15(23)9-13)20(28)25-21(26)29-11-12-4-2-6-14(22)8-12/h2-9,16H,10-11H2,1H3,(H,24,27). The highest BCUT2D eigenvalue weighted by Gasteiger charge is 2.32. The van der Waals surface area contributed by atoms with Gasteiger partial charge in [-0.2, -0.15) is 4.98 Å².